The molecule has 2 N–H and O–H groups in total. The Kier molecular flexibility index (Phi) is 4.36. The maximum Gasteiger partial charge on any atom is 0.288 e. The van der Waals surface area contributed by atoms with E-state index in [0.717, 1.165) is 25.7 Å². The molecule has 1 aliphatic rings. The number of nitrogens with two attached hydrogens (primary N) is 1. The molecule has 1 aromatic heterocycles. The average molecular weight is 330 g/mol. The number of aromatic nitrogens is 1. The minimum Gasteiger partial charge on any atom is -0.475 e. The zero-order chi connectivity index (χ0) is 13.9. The van der Waals surface area contributed by atoms with Crippen LogP contribution >= 0.6 is 15.9 Å². The number of hydrogen-bond acceptors (Lipinski definition) is 5. The summed E-state index contributed by atoms with van der Waals surface area (Å²) in [5, 5.41) is 10.6. The molecule has 0 spiro atoms. The van der Waals surface area contributed by atoms with E-state index >= 15 is 0 Å². The molecule has 104 valence electrons. The van der Waals surface area contributed by atoms with Crippen molar-refractivity contribution < 1.29 is 9.66 Å². The summed E-state index contributed by atoms with van der Waals surface area (Å²) in [5.74, 6) is 0.348. The van der Waals surface area contributed by atoms with Crippen LogP contribution in [-0.4, -0.2) is 22.1 Å². The van der Waals surface area contributed by atoms with Gasteiger partial charge < -0.3 is 10.5 Å². The van der Waals surface area contributed by atoms with E-state index in [9.17, 15) is 10.1 Å². The van der Waals surface area contributed by atoms with Gasteiger partial charge in [-0.15, -0.1) is 0 Å². The van der Waals surface area contributed by atoms with Crippen LogP contribution < -0.4 is 10.5 Å². The predicted molar refractivity (Wildman–Crippen MR) is 74.1 cm³/mol. The van der Waals surface area contributed by atoms with Gasteiger partial charge in [0.15, 0.2) is 0 Å². The molecule has 0 amide bonds. The SMILES string of the molecule is NC1(COc2ncc([N+](=O)[O-])cc2Br)CCCCC1. The van der Waals surface area contributed by atoms with Crippen LogP contribution in [0, 0.1) is 10.1 Å². The monoisotopic (exact) mass is 329 g/mol. The summed E-state index contributed by atoms with van der Waals surface area (Å²) in [4.78, 5) is 14.1. The fourth-order valence-corrected chi connectivity index (χ4v) is 2.69. The van der Waals surface area contributed by atoms with Gasteiger partial charge in [0.25, 0.3) is 5.69 Å². The van der Waals surface area contributed by atoms with Crippen molar-refractivity contribution in [1.29, 1.82) is 0 Å². The van der Waals surface area contributed by atoms with Crippen molar-refractivity contribution in [3.05, 3.63) is 26.9 Å². The normalized spacial score (nSPS) is 18.0. The third kappa shape index (κ3) is 3.63. The van der Waals surface area contributed by atoms with Crippen LogP contribution in [0.15, 0.2) is 16.7 Å². The molecule has 1 saturated carbocycles. The summed E-state index contributed by atoms with van der Waals surface area (Å²) in [6.07, 6.45) is 6.53. The molecular weight excluding hydrogens is 314 g/mol. The number of ether oxygens (including phenoxy) is 1. The van der Waals surface area contributed by atoms with Crippen LogP contribution in [0.3, 0.4) is 0 Å². The van der Waals surface area contributed by atoms with E-state index in [2.05, 4.69) is 20.9 Å². The second kappa shape index (κ2) is 5.83. The van der Waals surface area contributed by atoms with E-state index < -0.39 is 4.92 Å². The van der Waals surface area contributed by atoms with Crippen LogP contribution in [0.2, 0.25) is 0 Å². The van der Waals surface area contributed by atoms with Crippen molar-refractivity contribution in [2.24, 2.45) is 5.73 Å². The summed E-state index contributed by atoms with van der Waals surface area (Å²) in [7, 11) is 0. The molecule has 2 rings (SSSR count). The summed E-state index contributed by atoms with van der Waals surface area (Å²) in [5.41, 5.74) is 5.88. The molecule has 6 nitrogen and oxygen atoms in total. The lowest BCUT2D eigenvalue weighted by Gasteiger charge is -2.32. The van der Waals surface area contributed by atoms with Gasteiger partial charge in [-0.1, -0.05) is 19.3 Å². The van der Waals surface area contributed by atoms with Crippen molar-refractivity contribution in [2.75, 3.05) is 6.61 Å². The zero-order valence-corrected chi connectivity index (χ0v) is 12.1. The molecule has 0 aliphatic heterocycles. The number of pyridine rings is 1. The van der Waals surface area contributed by atoms with E-state index in [1.165, 1.54) is 18.7 Å². The first kappa shape index (κ1) is 14.2. The van der Waals surface area contributed by atoms with Gasteiger partial charge >= 0.3 is 0 Å². The lowest BCUT2D eigenvalue weighted by atomic mass is 9.83. The van der Waals surface area contributed by atoms with Crippen molar-refractivity contribution >= 4 is 21.6 Å². The van der Waals surface area contributed by atoms with Crippen molar-refractivity contribution in [1.82, 2.24) is 4.98 Å². The quantitative estimate of drug-likeness (QED) is 0.677. The maximum absolute atomic E-state index is 10.6. The van der Waals surface area contributed by atoms with Crippen LogP contribution in [0.4, 0.5) is 5.69 Å². The summed E-state index contributed by atoms with van der Waals surface area (Å²) >= 11 is 3.23. The van der Waals surface area contributed by atoms with Crippen LogP contribution in [0.1, 0.15) is 32.1 Å². The van der Waals surface area contributed by atoms with Crippen LogP contribution in [-0.2, 0) is 0 Å². The highest BCUT2D eigenvalue weighted by atomic mass is 79.9. The summed E-state index contributed by atoms with van der Waals surface area (Å²) in [6.45, 7) is 0.385. The molecule has 0 aromatic carbocycles. The van der Waals surface area contributed by atoms with Crippen LogP contribution in [0.25, 0.3) is 0 Å². The largest absolute Gasteiger partial charge is 0.475 e. The number of halogens is 1. The van der Waals surface area contributed by atoms with Crippen molar-refractivity contribution in [3.8, 4) is 5.88 Å². The molecule has 0 saturated heterocycles. The molecule has 19 heavy (non-hydrogen) atoms. The second-order valence-electron chi connectivity index (χ2n) is 4.95. The molecule has 0 atom stereocenters. The summed E-state index contributed by atoms with van der Waals surface area (Å²) in [6, 6.07) is 1.38. The highest BCUT2D eigenvalue weighted by molar-refractivity contribution is 9.10. The zero-order valence-electron chi connectivity index (χ0n) is 10.5. The minimum atomic E-state index is -0.493. The topological polar surface area (TPSA) is 91.3 Å². The fourth-order valence-electron chi connectivity index (χ4n) is 2.23. The van der Waals surface area contributed by atoms with Gasteiger partial charge in [-0.2, -0.15) is 0 Å². The van der Waals surface area contributed by atoms with E-state index in [1.807, 2.05) is 0 Å². The Morgan fingerprint density at radius 3 is 2.74 bits per heavy atom. The van der Waals surface area contributed by atoms with Gasteiger partial charge in [-0.25, -0.2) is 4.98 Å². The first-order valence-corrected chi connectivity index (χ1v) is 7.01. The predicted octanol–water partition coefficient (Wildman–Crippen LogP) is 2.79. The van der Waals surface area contributed by atoms with E-state index in [1.54, 1.807) is 0 Å². The number of nitro groups is 1. The molecule has 7 heteroatoms. The fraction of sp³-hybridized carbons (Fsp3) is 0.583. The minimum absolute atomic E-state index is 0.0700. The average Bonchev–Trinajstić information content (AvgIpc) is 2.38. The Balaban J connectivity index is 2.01. The Morgan fingerprint density at radius 2 is 2.16 bits per heavy atom. The number of nitrogens with zero attached hydrogens (tertiary/aromatic N) is 2. The molecule has 0 bridgehead atoms. The van der Waals surface area contributed by atoms with Gasteiger partial charge in [-0.05, 0) is 28.8 Å². The maximum atomic E-state index is 10.6. The molecule has 1 aromatic rings. The molecule has 0 unspecified atom stereocenters. The van der Waals surface area contributed by atoms with Gasteiger partial charge in [0.05, 0.1) is 14.9 Å². The van der Waals surface area contributed by atoms with E-state index in [0.29, 0.717) is 17.0 Å². The first-order chi connectivity index (χ1) is 9.00. The molecule has 1 aliphatic carbocycles. The second-order valence-corrected chi connectivity index (χ2v) is 5.80. The molecular formula is C12H16BrN3O3. The Morgan fingerprint density at radius 1 is 1.47 bits per heavy atom. The van der Waals surface area contributed by atoms with Gasteiger partial charge in [-0.3, -0.25) is 10.1 Å². The lowest BCUT2D eigenvalue weighted by Crippen LogP contribution is -2.47. The van der Waals surface area contributed by atoms with Gasteiger partial charge in [0.1, 0.15) is 12.8 Å². The summed E-state index contributed by atoms with van der Waals surface area (Å²) < 4.78 is 6.08. The highest BCUT2D eigenvalue weighted by Gasteiger charge is 2.28. The highest BCUT2D eigenvalue weighted by Crippen LogP contribution is 2.30. The van der Waals surface area contributed by atoms with Gasteiger partial charge in [0.2, 0.25) is 5.88 Å². The smallest absolute Gasteiger partial charge is 0.288 e. The third-order valence-corrected chi connectivity index (χ3v) is 3.92. The molecule has 0 radical (unpaired) electrons. The van der Waals surface area contributed by atoms with E-state index in [4.69, 9.17) is 10.5 Å². The first-order valence-electron chi connectivity index (χ1n) is 6.22. The third-order valence-electron chi connectivity index (χ3n) is 3.35. The van der Waals surface area contributed by atoms with Crippen LogP contribution in [0.5, 0.6) is 5.88 Å². The standard InChI is InChI=1S/C12H16BrN3O3/c13-10-6-9(16(17)18)7-15-11(10)19-8-12(14)4-2-1-3-5-12/h6-7H,1-5,8,14H2. The number of rotatable bonds is 4. The lowest BCUT2D eigenvalue weighted by molar-refractivity contribution is -0.385. The van der Waals surface area contributed by atoms with Crippen molar-refractivity contribution in [2.45, 2.75) is 37.6 Å². The molecule has 1 fully saturated rings. The van der Waals surface area contributed by atoms with E-state index in [-0.39, 0.29) is 11.2 Å². The Labute approximate surface area is 119 Å². The Bertz CT molecular complexity index is 475. The van der Waals surface area contributed by atoms with Crippen molar-refractivity contribution in [3.63, 3.8) is 0 Å². The molecule has 1 heterocycles. The Hall–Kier alpha value is -1.21. The number of hydrogen-bond donors (Lipinski definition) is 1. The van der Waals surface area contributed by atoms with Gasteiger partial charge in [0, 0.05) is 6.07 Å².